The minimum Gasteiger partial charge on any atom is -0.472 e. The molecule has 2 aromatic rings. The van der Waals surface area contributed by atoms with Crippen LogP contribution in [-0.2, 0) is 17.8 Å². The fourth-order valence-electron chi connectivity index (χ4n) is 3.89. The molecule has 0 aromatic carbocycles. The van der Waals surface area contributed by atoms with Crippen LogP contribution >= 0.6 is 11.3 Å². The molecule has 0 bridgehead atoms. The number of hydrogen-bond donors (Lipinski definition) is 0. The summed E-state index contributed by atoms with van der Waals surface area (Å²) in [5.74, 6) is 0. The van der Waals surface area contributed by atoms with Gasteiger partial charge in [0.15, 0.2) is 0 Å². The summed E-state index contributed by atoms with van der Waals surface area (Å²) in [7, 11) is 0. The van der Waals surface area contributed by atoms with Crippen LogP contribution in [0.15, 0.2) is 40.5 Å². The standard InChI is InChI=1S/C18H24N2O2S/c1-2-17(23-9-1)11-19-5-4-18(13-19)14-20(6-8-22-15-18)10-16-3-7-21-12-16/h1-3,7,9,12H,4-6,8,10-11,13-15H2. The van der Waals surface area contributed by atoms with Gasteiger partial charge in [0.1, 0.15) is 0 Å². The molecule has 5 heteroatoms. The molecule has 1 atom stereocenters. The number of hydrogen-bond acceptors (Lipinski definition) is 5. The highest BCUT2D eigenvalue weighted by atomic mass is 32.1. The average Bonchev–Trinajstić information content (AvgIpc) is 3.25. The van der Waals surface area contributed by atoms with Gasteiger partial charge in [-0.1, -0.05) is 6.07 Å². The van der Waals surface area contributed by atoms with Crippen LogP contribution in [0.25, 0.3) is 0 Å². The topological polar surface area (TPSA) is 28.9 Å². The van der Waals surface area contributed by atoms with Gasteiger partial charge in [-0.2, -0.15) is 0 Å². The van der Waals surface area contributed by atoms with Crippen LogP contribution in [0.1, 0.15) is 16.9 Å². The van der Waals surface area contributed by atoms with E-state index in [0.29, 0.717) is 0 Å². The molecule has 1 spiro atoms. The van der Waals surface area contributed by atoms with E-state index in [4.69, 9.17) is 9.15 Å². The minimum absolute atomic E-state index is 0.289. The molecular weight excluding hydrogens is 308 g/mol. The van der Waals surface area contributed by atoms with Crippen molar-refractivity contribution in [3.05, 3.63) is 46.5 Å². The van der Waals surface area contributed by atoms with E-state index in [1.807, 2.05) is 17.6 Å². The molecule has 0 N–H and O–H groups in total. The SMILES string of the molecule is c1csc(CN2CCC3(COCCN(Cc4ccoc4)C3)C2)c1. The smallest absolute Gasteiger partial charge is 0.0947 e. The van der Waals surface area contributed by atoms with Crippen molar-refractivity contribution in [3.8, 4) is 0 Å². The Kier molecular flexibility index (Phi) is 4.53. The largest absolute Gasteiger partial charge is 0.472 e. The molecule has 2 fully saturated rings. The Hall–Kier alpha value is -1.14. The summed E-state index contributed by atoms with van der Waals surface area (Å²) in [6, 6.07) is 6.45. The monoisotopic (exact) mass is 332 g/mol. The third kappa shape index (κ3) is 3.69. The highest BCUT2D eigenvalue weighted by Crippen LogP contribution is 2.35. The van der Waals surface area contributed by atoms with Crippen LogP contribution in [0.3, 0.4) is 0 Å². The quantitative estimate of drug-likeness (QED) is 0.860. The van der Waals surface area contributed by atoms with Gasteiger partial charge in [-0.05, 0) is 30.5 Å². The van der Waals surface area contributed by atoms with E-state index in [9.17, 15) is 0 Å². The Bertz CT molecular complexity index is 599. The van der Waals surface area contributed by atoms with Crippen molar-refractivity contribution in [1.82, 2.24) is 9.80 Å². The summed E-state index contributed by atoms with van der Waals surface area (Å²) in [5, 5.41) is 2.17. The van der Waals surface area contributed by atoms with Crippen LogP contribution in [-0.4, -0.2) is 49.2 Å². The van der Waals surface area contributed by atoms with E-state index in [0.717, 1.165) is 45.9 Å². The first-order valence-electron chi connectivity index (χ1n) is 8.37. The van der Waals surface area contributed by atoms with Crippen LogP contribution in [0.5, 0.6) is 0 Å². The maximum Gasteiger partial charge on any atom is 0.0947 e. The molecule has 0 radical (unpaired) electrons. The van der Waals surface area contributed by atoms with Crippen LogP contribution < -0.4 is 0 Å². The molecule has 0 aliphatic carbocycles. The van der Waals surface area contributed by atoms with E-state index < -0.39 is 0 Å². The second kappa shape index (κ2) is 6.77. The van der Waals surface area contributed by atoms with Crippen molar-refractivity contribution in [2.24, 2.45) is 5.41 Å². The highest BCUT2D eigenvalue weighted by Gasteiger charge is 2.41. The van der Waals surface area contributed by atoms with Gasteiger partial charge < -0.3 is 9.15 Å². The lowest BCUT2D eigenvalue weighted by Crippen LogP contribution is -2.40. The van der Waals surface area contributed by atoms with E-state index in [-0.39, 0.29) is 5.41 Å². The predicted molar refractivity (Wildman–Crippen MR) is 91.5 cm³/mol. The van der Waals surface area contributed by atoms with Gasteiger partial charge in [-0.15, -0.1) is 11.3 Å². The molecule has 1 unspecified atom stereocenters. The lowest BCUT2D eigenvalue weighted by atomic mass is 9.87. The van der Waals surface area contributed by atoms with Crippen molar-refractivity contribution < 1.29 is 9.15 Å². The Morgan fingerprint density at radius 1 is 1.13 bits per heavy atom. The van der Waals surface area contributed by atoms with Gasteiger partial charge in [-0.25, -0.2) is 0 Å². The molecular formula is C18H24N2O2S. The predicted octanol–water partition coefficient (Wildman–Crippen LogP) is 3.07. The van der Waals surface area contributed by atoms with Crippen molar-refractivity contribution in [1.29, 1.82) is 0 Å². The van der Waals surface area contributed by atoms with Gasteiger partial charge in [0.05, 0.1) is 25.7 Å². The van der Waals surface area contributed by atoms with Gasteiger partial charge in [0, 0.05) is 48.6 Å². The van der Waals surface area contributed by atoms with Crippen LogP contribution in [0.4, 0.5) is 0 Å². The molecule has 2 aromatic heterocycles. The summed E-state index contributed by atoms with van der Waals surface area (Å²) in [4.78, 5) is 6.59. The number of furan rings is 1. The maximum atomic E-state index is 5.98. The first-order valence-corrected chi connectivity index (χ1v) is 9.25. The molecule has 2 saturated heterocycles. The molecule has 0 saturated carbocycles. The zero-order valence-corrected chi connectivity index (χ0v) is 14.3. The molecule has 23 heavy (non-hydrogen) atoms. The summed E-state index contributed by atoms with van der Waals surface area (Å²) >= 11 is 1.86. The molecule has 0 amide bonds. The number of nitrogens with zero attached hydrogens (tertiary/aromatic N) is 2. The fourth-order valence-corrected chi connectivity index (χ4v) is 4.64. The lowest BCUT2D eigenvalue weighted by molar-refractivity contribution is 0.0707. The number of likely N-dealkylation sites (tertiary alicyclic amines) is 1. The molecule has 4 nitrogen and oxygen atoms in total. The van der Waals surface area contributed by atoms with Crippen molar-refractivity contribution in [2.45, 2.75) is 19.5 Å². The Morgan fingerprint density at radius 2 is 2.04 bits per heavy atom. The Labute approximate surface area is 141 Å². The highest BCUT2D eigenvalue weighted by molar-refractivity contribution is 7.09. The number of rotatable bonds is 4. The zero-order chi connectivity index (χ0) is 15.5. The minimum atomic E-state index is 0.289. The van der Waals surface area contributed by atoms with Crippen LogP contribution in [0, 0.1) is 5.41 Å². The van der Waals surface area contributed by atoms with Gasteiger partial charge >= 0.3 is 0 Å². The third-order valence-corrected chi connectivity index (χ3v) is 5.84. The molecule has 2 aliphatic heterocycles. The summed E-state index contributed by atoms with van der Waals surface area (Å²) in [6.45, 7) is 8.25. The zero-order valence-electron chi connectivity index (χ0n) is 13.4. The van der Waals surface area contributed by atoms with Crippen molar-refractivity contribution >= 4 is 11.3 Å². The second-order valence-electron chi connectivity index (χ2n) is 6.93. The van der Waals surface area contributed by atoms with E-state index in [1.165, 1.54) is 23.4 Å². The van der Waals surface area contributed by atoms with E-state index >= 15 is 0 Å². The van der Waals surface area contributed by atoms with Gasteiger partial charge in [-0.3, -0.25) is 9.80 Å². The molecule has 124 valence electrons. The van der Waals surface area contributed by atoms with E-state index in [2.05, 4.69) is 33.4 Å². The Balaban J connectivity index is 1.40. The van der Waals surface area contributed by atoms with Crippen LogP contribution in [0.2, 0.25) is 0 Å². The van der Waals surface area contributed by atoms with E-state index in [1.54, 1.807) is 6.26 Å². The fraction of sp³-hybridized carbons (Fsp3) is 0.556. The normalized spacial score (nSPS) is 26.8. The average molecular weight is 332 g/mol. The summed E-state index contributed by atoms with van der Waals surface area (Å²) in [5.41, 5.74) is 1.55. The van der Waals surface area contributed by atoms with Gasteiger partial charge in [0.2, 0.25) is 0 Å². The van der Waals surface area contributed by atoms with Crippen molar-refractivity contribution in [2.75, 3.05) is 39.4 Å². The van der Waals surface area contributed by atoms with Gasteiger partial charge in [0.25, 0.3) is 0 Å². The molecule has 4 rings (SSSR count). The summed E-state index contributed by atoms with van der Waals surface area (Å²) in [6.07, 6.45) is 4.86. The summed E-state index contributed by atoms with van der Waals surface area (Å²) < 4.78 is 11.2. The third-order valence-electron chi connectivity index (χ3n) is 4.98. The lowest BCUT2D eigenvalue weighted by Gasteiger charge is -2.31. The number of ether oxygens (including phenoxy) is 1. The molecule has 2 aliphatic rings. The Morgan fingerprint density at radius 3 is 2.83 bits per heavy atom. The first-order chi connectivity index (χ1) is 11.3. The second-order valence-corrected chi connectivity index (χ2v) is 7.97. The van der Waals surface area contributed by atoms with Crippen molar-refractivity contribution in [3.63, 3.8) is 0 Å². The number of thiophene rings is 1. The first kappa shape index (κ1) is 15.4. The maximum absolute atomic E-state index is 5.98. The molecule has 4 heterocycles.